The number of halogens is 2. The van der Waals surface area contributed by atoms with Crippen LogP contribution in [0, 0.1) is 5.82 Å². The van der Waals surface area contributed by atoms with E-state index in [0.29, 0.717) is 12.0 Å². The van der Waals surface area contributed by atoms with Crippen LogP contribution >= 0.6 is 0 Å². The van der Waals surface area contributed by atoms with Crippen molar-refractivity contribution in [1.82, 2.24) is 0 Å². The normalized spacial score (nSPS) is 9.69. The van der Waals surface area contributed by atoms with Gasteiger partial charge in [0.15, 0.2) is 6.29 Å². The lowest BCUT2D eigenvalue weighted by atomic mass is 10.2. The molecule has 13 heavy (non-hydrogen) atoms. The van der Waals surface area contributed by atoms with Gasteiger partial charge in [-0.05, 0) is 18.2 Å². The Hall–Kier alpha value is -1.45. The molecular weight excluding hydrogens is 178 g/mol. The summed E-state index contributed by atoms with van der Waals surface area (Å²) in [5.41, 5.74) is -0.0867. The van der Waals surface area contributed by atoms with Crippen LogP contribution in [0.1, 0.15) is 10.4 Å². The molecule has 0 bridgehead atoms. The third kappa shape index (κ3) is 2.50. The highest BCUT2D eigenvalue weighted by atomic mass is 19.1. The van der Waals surface area contributed by atoms with E-state index in [1.54, 1.807) is 0 Å². The van der Waals surface area contributed by atoms with Gasteiger partial charge in [0.05, 0.1) is 5.56 Å². The van der Waals surface area contributed by atoms with Crippen LogP contribution in [0.4, 0.5) is 8.78 Å². The SMILES string of the molecule is O=Cc1cc(OCCF)ccc1F. The van der Waals surface area contributed by atoms with E-state index in [-0.39, 0.29) is 12.2 Å². The molecular formula is C9H8F2O2. The average molecular weight is 186 g/mol. The second-order valence-electron chi connectivity index (χ2n) is 2.34. The largest absolute Gasteiger partial charge is 0.491 e. The topological polar surface area (TPSA) is 26.3 Å². The van der Waals surface area contributed by atoms with E-state index in [1.807, 2.05) is 0 Å². The smallest absolute Gasteiger partial charge is 0.153 e. The minimum atomic E-state index is -0.617. The van der Waals surface area contributed by atoms with E-state index in [2.05, 4.69) is 0 Å². The number of carbonyl (C=O) groups is 1. The molecule has 1 rings (SSSR count). The number of hydrogen-bond donors (Lipinski definition) is 0. The Morgan fingerprint density at radius 1 is 1.46 bits per heavy atom. The molecule has 0 aliphatic heterocycles. The van der Waals surface area contributed by atoms with Gasteiger partial charge in [0, 0.05) is 0 Å². The second kappa shape index (κ2) is 4.54. The Labute approximate surface area is 74.1 Å². The van der Waals surface area contributed by atoms with Crippen molar-refractivity contribution in [1.29, 1.82) is 0 Å². The first-order valence-corrected chi connectivity index (χ1v) is 3.71. The summed E-state index contributed by atoms with van der Waals surface area (Å²) in [6, 6.07) is 3.69. The maximum absolute atomic E-state index is 12.7. The zero-order valence-corrected chi connectivity index (χ0v) is 6.80. The zero-order chi connectivity index (χ0) is 9.68. The minimum Gasteiger partial charge on any atom is -0.491 e. The van der Waals surface area contributed by atoms with Crippen molar-refractivity contribution in [2.75, 3.05) is 13.3 Å². The quantitative estimate of drug-likeness (QED) is 0.672. The fourth-order valence-electron chi connectivity index (χ4n) is 0.858. The number of alkyl halides is 1. The van der Waals surface area contributed by atoms with Crippen LogP contribution in [0.15, 0.2) is 18.2 Å². The average Bonchev–Trinajstić information content (AvgIpc) is 2.16. The van der Waals surface area contributed by atoms with Gasteiger partial charge < -0.3 is 4.74 Å². The van der Waals surface area contributed by atoms with Gasteiger partial charge in [0.1, 0.15) is 24.8 Å². The van der Waals surface area contributed by atoms with Crippen LogP contribution in [-0.4, -0.2) is 19.6 Å². The van der Waals surface area contributed by atoms with Gasteiger partial charge >= 0.3 is 0 Å². The van der Waals surface area contributed by atoms with Crippen LogP contribution < -0.4 is 4.74 Å². The standard InChI is InChI=1S/C9H8F2O2/c10-3-4-13-8-1-2-9(11)7(5-8)6-12/h1-2,5-6H,3-4H2. The molecule has 0 spiro atoms. The molecule has 0 aromatic heterocycles. The third-order valence-electron chi connectivity index (χ3n) is 1.44. The van der Waals surface area contributed by atoms with Gasteiger partial charge in [-0.3, -0.25) is 4.79 Å². The number of benzene rings is 1. The van der Waals surface area contributed by atoms with Crippen LogP contribution in [0.2, 0.25) is 0 Å². The molecule has 1 aromatic rings. The maximum atomic E-state index is 12.7. The molecule has 0 atom stereocenters. The molecule has 0 aliphatic rings. The molecule has 2 nitrogen and oxygen atoms in total. The van der Waals surface area contributed by atoms with Crippen LogP contribution in [0.3, 0.4) is 0 Å². The van der Waals surface area contributed by atoms with Crippen molar-refractivity contribution in [2.24, 2.45) is 0 Å². The van der Waals surface area contributed by atoms with Crippen molar-refractivity contribution in [3.63, 3.8) is 0 Å². The van der Waals surface area contributed by atoms with Gasteiger partial charge in [-0.2, -0.15) is 0 Å². The molecule has 70 valence electrons. The number of hydrogen-bond acceptors (Lipinski definition) is 2. The summed E-state index contributed by atoms with van der Waals surface area (Å²) in [4.78, 5) is 10.3. The monoisotopic (exact) mass is 186 g/mol. The van der Waals surface area contributed by atoms with Crippen LogP contribution in [0.5, 0.6) is 5.75 Å². The van der Waals surface area contributed by atoms with E-state index in [0.717, 1.165) is 6.07 Å². The molecule has 1 aromatic carbocycles. The number of rotatable bonds is 4. The number of ether oxygens (including phenoxy) is 1. The van der Waals surface area contributed by atoms with E-state index in [1.165, 1.54) is 12.1 Å². The lowest BCUT2D eigenvalue weighted by Crippen LogP contribution is -1.99. The van der Waals surface area contributed by atoms with Crippen molar-refractivity contribution in [2.45, 2.75) is 0 Å². The molecule has 0 heterocycles. The van der Waals surface area contributed by atoms with E-state index < -0.39 is 12.5 Å². The van der Waals surface area contributed by atoms with Gasteiger partial charge in [0.2, 0.25) is 0 Å². The fraction of sp³-hybridized carbons (Fsp3) is 0.222. The van der Waals surface area contributed by atoms with Gasteiger partial charge in [-0.15, -0.1) is 0 Å². The Kier molecular flexibility index (Phi) is 3.37. The number of carbonyl (C=O) groups excluding carboxylic acids is 1. The Bertz CT molecular complexity index is 300. The lowest BCUT2D eigenvalue weighted by molar-refractivity contribution is 0.111. The van der Waals surface area contributed by atoms with Crippen molar-refractivity contribution in [3.8, 4) is 5.75 Å². The van der Waals surface area contributed by atoms with Crippen molar-refractivity contribution in [3.05, 3.63) is 29.6 Å². The Morgan fingerprint density at radius 3 is 2.85 bits per heavy atom. The summed E-state index contributed by atoms with van der Waals surface area (Å²) < 4.78 is 29.3. The van der Waals surface area contributed by atoms with Gasteiger partial charge in [-0.1, -0.05) is 0 Å². The van der Waals surface area contributed by atoms with Crippen LogP contribution in [-0.2, 0) is 0 Å². The second-order valence-corrected chi connectivity index (χ2v) is 2.34. The third-order valence-corrected chi connectivity index (χ3v) is 1.44. The molecule has 0 radical (unpaired) electrons. The van der Waals surface area contributed by atoms with Gasteiger partial charge in [-0.25, -0.2) is 8.78 Å². The molecule has 4 heteroatoms. The minimum absolute atomic E-state index is 0.0867. The fourth-order valence-corrected chi connectivity index (χ4v) is 0.858. The summed E-state index contributed by atoms with van der Waals surface area (Å²) in [6.07, 6.45) is 0.387. The van der Waals surface area contributed by atoms with E-state index in [9.17, 15) is 13.6 Å². The first kappa shape index (κ1) is 9.64. The first-order valence-electron chi connectivity index (χ1n) is 3.71. The Balaban J connectivity index is 2.80. The molecule has 0 fully saturated rings. The molecule has 0 saturated heterocycles. The predicted molar refractivity (Wildman–Crippen MR) is 43.3 cm³/mol. The molecule has 0 unspecified atom stereocenters. The van der Waals surface area contributed by atoms with E-state index in [4.69, 9.17) is 4.74 Å². The van der Waals surface area contributed by atoms with Crippen LogP contribution in [0.25, 0.3) is 0 Å². The number of aldehydes is 1. The van der Waals surface area contributed by atoms with Crippen molar-refractivity contribution >= 4 is 6.29 Å². The first-order chi connectivity index (χ1) is 6.27. The molecule has 0 N–H and O–H groups in total. The highest BCUT2D eigenvalue weighted by Crippen LogP contribution is 2.15. The molecule has 0 amide bonds. The summed E-state index contributed by atoms with van der Waals surface area (Å²) in [5.74, 6) is -0.316. The maximum Gasteiger partial charge on any atom is 0.153 e. The zero-order valence-electron chi connectivity index (χ0n) is 6.80. The summed E-state index contributed by atoms with van der Waals surface area (Å²) >= 11 is 0. The highest BCUT2D eigenvalue weighted by molar-refractivity contribution is 5.75. The Morgan fingerprint density at radius 2 is 2.23 bits per heavy atom. The molecule has 0 aliphatic carbocycles. The van der Waals surface area contributed by atoms with Crippen molar-refractivity contribution < 1.29 is 18.3 Å². The van der Waals surface area contributed by atoms with Gasteiger partial charge in [0.25, 0.3) is 0 Å². The summed E-state index contributed by atoms with van der Waals surface area (Å²) in [6.45, 7) is -0.711. The van der Waals surface area contributed by atoms with E-state index >= 15 is 0 Å². The lowest BCUT2D eigenvalue weighted by Gasteiger charge is -2.03. The molecule has 0 saturated carbocycles. The summed E-state index contributed by atoms with van der Waals surface area (Å²) in [5, 5.41) is 0. The highest BCUT2D eigenvalue weighted by Gasteiger charge is 2.02. The summed E-state index contributed by atoms with van der Waals surface area (Å²) in [7, 11) is 0. The predicted octanol–water partition coefficient (Wildman–Crippen LogP) is 1.99.